The molecular formula is C19H16F2N2O3. The van der Waals surface area contributed by atoms with Crippen molar-refractivity contribution in [3.05, 3.63) is 59.7 Å². The molecule has 3 rings (SSSR count). The summed E-state index contributed by atoms with van der Waals surface area (Å²) in [6.45, 7) is 0.626. The summed E-state index contributed by atoms with van der Waals surface area (Å²) in [5, 5.41) is 8.46. The molecule has 0 aliphatic carbocycles. The van der Waals surface area contributed by atoms with Crippen molar-refractivity contribution < 1.29 is 23.0 Å². The number of hydrogen-bond acceptors (Lipinski definition) is 5. The topological polar surface area (TPSA) is 63.8 Å². The number of benzene rings is 2. The molecule has 0 saturated carbocycles. The highest BCUT2D eigenvalue weighted by Gasteiger charge is 2.24. The van der Waals surface area contributed by atoms with Crippen molar-refractivity contribution in [2.75, 3.05) is 19.8 Å². The van der Waals surface area contributed by atoms with Gasteiger partial charge in [-0.2, -0.15) is 5.26 Å². The van der Waals surface area contributed by atoms with Crippen molar-refractivity contribution in [2.45, 2.75) is 12.5 Å². The number of halogens is 2. The van der Waals surface area contributed by atoms with Crippen molar-refractivity contribution in [3.63, 3.8) is 0 Å². The molecule has 1 aliphatic heterocycles. The number of ether oxygens (including phenoxy) is 3. The Balaban J connectivity index is 1.52. The molecule has 0 bridgehead atoms. The SMILES string of the molecule is N#CCOc1ccc(OCCC2COC(c3c(F)cccc3F)=N2)cc1. The van der Waals surface area contributed by atoms with Gasteiger partial charge in [-0.1, -0.05) is 6.07 Å². The van der Waals surface area contributed by atoms with Gasteiger partial charge in [-0.05, 0) is 36.4 Å². The van der Waals surface area contributed by atoms with Gasteiger partial charge in [0.1, 0.15) is 41.4 Å². The molecule has 1 aliphatic rings. The summed E-state index contributed by atoms with van der Waals surface area (Å²) in [5.41, 5.74) is -0.233. The molecule has 2 aromatic rings. The number of rotatable bonds is 7. The van der Waals surface area contributed by atoms with Gasteiger partial charge >= 0.3 is 0 Å². The van der Waals surface area contributed by atoms with Crippen LogP contribution in [-0.4, -0.2) is 31.8 Å². The van der Waals surface area contributed by atoms with Crippen LogP contribution in [0.5, 0.6) is 11.5 Å². The molecule has 0 spiro atoms. The second-order valence-corrected chi connectivity index (χ2v) is 5.55. The number of nitrogens with zero attached hydrogens (tertiary/aromatic N) is 2. The third-order valence-corrected chi connectivity index (χ3v) is 3.74. The maximum Gasteiger partial charge on any atom is 0.222 e. The molecule has 0 N–H and O–H groups in total. The van der Waals surface area contributed by atoms with Crippen molar-refractivity contribution in [3.8, 4) is 17.6 Å². The highest BCUT2D eigenvalue weighted by molar-refractivity contribution is 5.95. The van der Waals surface area contributed by atoms with Gasteiger partial charge in [-0.15, -0.1) is 0 Å². The Morgan fingerprint density at radius 3 is 2.38 bits per heavy atom. The van der Waals surface area contributed by atoms with E-state index in [4.69, 9.17) is 19.5 Å². The van der Waals surface area contributed by atoms with Crippen LogP contribution in [0.1, 0.15) is 12.0 Å². The van der Waals surface area contributed by atoms with Crippen molar-refractivity contribution in [2.24, 2.45) is 4.99 Å². The molecule has 0 radical (unpaired) electrons. The number of nitriles is 1. The van der Waals surface area contributed by atoms with E-state index in [9.17, 15) is 8.78 Å². The van der Waals surface area contributed by atoms with Crippen LogP contribution in [0, 0.1) is 23.0 Å². The Bertz CT molecular complexity index is 811. The van der Waals surface area contributed by atoms with E-state index in [0.29, 0.717) is 24.5 Å². The molecular weight excluding hydrogens is 342 g/mol. The van der Waals surface area contributed by atoms with Crippen LogP contribution in [0.15, 0.2) is 47.5 Å². The van der Waals surface area contributed by atoms with Gasteiger partial charge in [0.25, 0.3) is 0 Å². The smallest absolute Gasteiger partial charge is 0.222 e. The zero-order valence-electron chi connectivity index (χ0n) is 13.8. The highest BCUT2D eigenvalue weighted by Crippen LogP contribution is 2.21. The Morgan fingerprint density at radius 2 is 1.73 bits per heavy atom. The standard InChI is InChI=1S/C19H16F2N2O3/c20-16-2-1-3-17(21)18(16)19-23-13(12-26-19)8-10-24-14-4-6-15(7-5-14)25-11-9-22/h1-7,13H,8,10-12H2. The van der Waals surface area contributed by atoms with Gasteiger partial charge in [0.2, 0.25) is 5.90 Å². The van der Waals surface area contributed by atoms with Gasteiger partial charge in [-0.25, -0.2) is 13.8 Å². The summed E-state index contributed by atoms with van der Waals surface area (Å²) in [7, 11) is 0. The molecule has 1 heterocycles. The number of hydrogen-bond donors (Lipinski definition) is 0. The fraction of sp³-hybridized carbons (Fsp3) is 0.263. The molecule has 2 aromatic carbocycles. The summed E-state index contributed by atoms with van der Waals surface area (Å²) in [6.07, 6.45) is 0.548. The molecule has 0 fully saturated rings. The van der Waals surface area contributed by atoms with Gasteiger partial charge in [0.05, 0.1) is 12.6 Å². The average Bonchev–Trinajstić information content (AvgIpc) is 3.09. The molecule has 0 amide bonds. The van der Waals surface area contributed by atoms with E-state index < -0.39 is 11.6 Å². The van der Waals surface area contributed by atoms with E-state index in [0.717, 1.165) is 0 Å². The quantitative estimate of drug-likeness (QED) is 0.760. The minimum atomic E-state index is -0.695. The minimum absolute atomic E-state index is 0.00910. The average molecular weight is 358 g/mol. The van der Waals surface area contributed by atoms with E-state index in [1.165, 1.54) is 18.2 Å². The molecule has 1 atom stereocenters. The van der Waals surface area contributed by atoms with Gasteiger partial charge < -0.3 is 14.2 Å². The first-order chi connectivity index (χ1) is 12.7. The summed E-state index contributed by atoms with van der Waals surface area (Å²) in [5.74, 6) is -0.162. The van der Waals surface area contributed by atoms with Crippen LogP contribution in [0.2, 0.25) is 0 Å². The van der Waals surface area contributed by atoms with Crippen LogP contribution in [0.3, 0.4) is 0 Å². The summed E-state index contributed by atoms with van der Waals surface area (Å²) in [6, 6.07) is 12.2. The van der Waals surface area contributed by atoms with Crippen LogP contribution in [-0.2, 0) is 4.74 Å². The molecule has 0 aromatic heterocycles. The fourth-order valence-electron chi connectivity index (χ4n) is 2.46. The minimum Gasteiger partial charge on any atom is -0.494 e. The van der Waals surface area contributed by atoms with Crippen LogP contribution < -0.4 is 9.47 Å². The van der Waals surface area contributed by atoms with Crippen molar-refractivity contribution >= 4 is 5.90 Å². The Morgan fingerprint density at radius 1 is 1.08 bits per heavy atom. The van der Waals surface area contributed by atoms with Crippen LogP contribution in [0.25, 0.3) is 0 Å². The van der Waals surface area contributed by atoms with Crippen LogP contribution >= 0.6 is 0 Å². The third kappa shape index (κ3) is 4.28. The Labute approximate surface area is 149 Å². The zero-order chi connectivity index (χ0) is 18.4. The maximum atomic E-state index is 13.8. The zero-order valence-corrected chi connectivity index (χ0v) is 13.8. The first kappa shape index (κ1) is 17.7. The lowest BCUT2D eigenvalue weighted by Gasteiger charge is -2.08. The predicted molar refractivity (Wildman–Crippen MR) is 90.3 cm³/mol. The number of aliphatic imine (C=N–C) groups is 1. The van der Waals surface area contributed by atoms with Crippen molar-refractivity contribution in [1.82, 2.24) is 0 Å². The molecule has 7 heteroatoms. The lowest BCUT2D eigenvalue weighted by molar-refractivity contribution is 0.264. The monoisotopic (exact) mass is 358 g/mol. The Kier molecular flexibility index (Phi) is 5.64. The molecule has 5 nitrogen and oxygen atoms in total. The molecule has 0 saturated heterocycles. The second kappa shape index (κ2) is 8.30. The van der Waals surface area contributed by atoms with E-state index in [2.05, 4.69) is 4.99 Å². The van der Waals surface area contributed by atoms with Gasteiger partial charge in [0.15, 0.2) is 6.61 Å². The van der Waals surface area contributed by atoms with E-state index in [1.54, 1.807) is 24.3 Å². The Hall–Kier alpha value is -3.14. The molecule has 1 unspecified atom stereocenters. The van der Waals surface area contributed by atoms with Gasteiger partial charge in [-0.3, -0.25) is 0 Å². The maximum absolute atomic E-state index is 13.8. The normalized spacial score (nSPS) is 15.7. The van der Waals surface area contributed by atoms with E-state index >= 15 is 0 Å². The van der Waals surface area contributed by atoms with Crippen LogP contribution in [0.4, 0.5) is 8.78 Å². The summed E-state index contributed by atoms with van der Waals surface area (Å²) in [4.78, 5) is 4.24. The first-order valence-electron chi connectivity index (χ1n) is 8.05. The van der Waals surface area contributed by atoms with E-state index in [-0.39, 0.29) is 30.7 Å². The first-order valence-corrected chi connectivity index (χ1v) is 8.05. The van der Waals surface area contributed by atoms with Crippen molar-refractivity contribution in [1.29, 1.82) is 5.26 Å². The lowest BCUT2D eigenvalue weighted by atomic mass is 10.2. The molecule has 134 valence electrons. The molecule has 26 heavy (non-hydrogen) atoms. The fourth-order valence-corrected chi connectivity index (χ4v) is 2.46. The summed E-state index contributed by atoms with van der Waals surface area (Å²) < 4.78 is 43.6. The second-order valence-electron chi connectivity index (χ2n) is 5.55. The summed E-state index contributed by atoms with van der Waals surface area (Å²) >= 11 is 0. The third-order valence-electron chi connectivity index (χ3n) is 3.74. The van der Waals surface area contributed by atoms with E-state index in [1.807, 2.05) is 6.07 Å². The largest absolute Gasteiger partial charge is 0.494 e. The predicted octanol–water partition coefficient (Wildman–Crippen LogP) is 3.48. The lowest BCUT2D eigenvalue weighted by Crippen LogP contribution is -2.11. The van der Waals surface area contributed by atoms with Gasteiger partial charge in [0, 0.05) is 6.42 Å². The highest BCUT2D eigenvalue weighted by atomic mass is 19.1.